The van der Waals surface area contributed by atoms with E-state index in [0.29, 0.717) is 0 Å². The summed E-state index contributed by atoms with van der Waals surface area (Å²) in [6.07, 6.45) is 7.22. The van der Waals surface area contributed by atoms with Crippen molar-refractivity contribution in [2.45, 2.75) is 0 Å². The number of hydrogen-bond donors (Lipinski definition) is 2. The fourth-order valence-corrected chi connectivity index (χ4v) is 6.58. The van der Waals surface area contributed by atoms with Gasteiger partial charge in [0.1, 0.15) is 11.6 Å². The van der Waals surface area contributed by atoms with Crippen LogP contribution in [0.5, 0.6) is 0 Å². The minimum atomic E-state index is 0.751. The molecule has 0 atom stereocenters. The molecular weight excluding hydrogens is 544 g/mol. The molecule has 204 valence electrons. The first kappa shape index (κ1) is 23.3. The molecule has 0 aliphatic carbocycles. The van der Waals surface area contributed by atoms with Crippen LogP contribution in [0, 0.1) is 0 Å². The largest absolute Gasteiger partial charge is 0.337 e. The fourth-order valence-electron chi connectivity index (χ4n) is 6.58. The molecule has 0 fully saturated rings. The molecule has 8 nitrogen and oxygen atoms in total. The highest BCUT2D eigenvalue weighted by atomic mass is 15.0. The number of fused-ring (bicyclic) bond motifs is 13. The van der Waals surface area contributed by atoms with E-state index in [1.165, 1.54) is 0 Å². The molecule has 4 aromatic carbocycles. The Bertz CT molecular complexity index is 2460. The molecule has 0 amide bonds. The molecule has 0 saturated heterocycles. The Balaban J connectivity index is 1.31. The summed E-state index contributed by atoms with van der Waals surface area (Å²) in [5.74, 6) is 1.50. The van der Waals surface area contributed by atoms with E-state index in [-0.39, 0.29) is 0 Å². The number of aromatic amines is 2. The summed E-state index contributed by atoms with van der Waals surface area (Å²) < 4.78 is 0. The topological polar surface area (TPSA) is 109 Å². The molecule has 10 aromatic rings. The zero-order valence-corrected chi connectivity index (χ0v) is 23.1. The number of aromatic nitrogens is 8. The van der Waals surface area contributed by atoms with Gasteiger partial charge >= 0.3 is 0 Å². The van der Waals surface area contributed by atoms with E-state index in [9.17, 15) is 0 Å². The van der Waals surface area contributed by atoms with E-state index in [2.05, 4.69) is 90.6 Å². The molecule has 0 unspecified atom stereocenters. The third-order valence-electron chi connectivity index (χ3n) is 8.53. The van der Waals surface area contributed by atoms with Gasteiger partial charge in [0.2, 0.25) is 0 Å². The zero-order valence-electron chi connectivity index (χ0n) is 23.1. The Morgan fingerprint density at radius 1 is 0.386 bits per heavy atom. The molecule has 6 heterocycles. The van der Waals surface area contributed by atoms with Crippen molar-refractivity contribution in [3.05, 3.63) is 110 Å². The van der Waals surface area contributed by atoms with Gasteiger partial charge in [0.05, 0.1) is 44.1 Å². The second kappa shape index (κ2) is 8.62. The number of benzene rings is 4. The van der Waals surface area contributed by atoms with Gasteiger partial charge in [0, 0.05) is 57.5 Å². The monoisotopic (exact) mass is 564 g/mol. The smallest absolute Gasteiger partial charge is 0.139 e. The Morgan fingerprint density at radius 3 is 1.20 bits per heavy atom. The van der Waals surface area contributed by atoms with Gasteiger partial charge < -0.3 is 9.97 Å². The van der Waals surface area contributed by atoms with Crippen LogP contribution in [-0.4, -0.2) is 39.9 Å². The van der Waals surface area contributed by atoms with Gasteiger partial charge in [-0.05, 0) is 71.4 Å². The summed E-state index contributed by atoms with van der Waals surface area (Å²) in [7, 11) is 0. The first-order valence-electron chi connectivity index (χ1n) is 14.4. The third kappa shape index (κ3) is 3.16. The fraction of sp³-hybridized carbons (Fsp3) is 0. The maximum atomic E-state index is 5.22. The molecule has 2 N–H and O–H groups in total. The predicted molar refractivity (Wildman–Crippen MR) is 175 cm³/mol. The summed E-state index contributed by atoms with van der Waals surface area (Å²) in [6, 6.07) is 28.8. The normalized spacial score (nSPS) is 12.1. The number of nitrogens with zero attached hydrogens (tertiary/aromatic N) is 6. The lowest BCUT2D eigenvalue weighted by atomic mass is 10.00. The van der Waals surface area contributed by atoms with E-state index in [4.69, 9.17) is 9.97 Å². The van der Waals surface area contributed by atoms with Crippen LogP contribution in [0.3, 0.4) is 0 Å². The summed E-state index contributed by atoms with van der Waals surface area (Å²) in [6.45, 7) is 0. The van der Waals surface area contributed by atoms with E-state index in [1.807, 2.05) is 24.3 Å². The third-order valence-corrected chi connectivity index (χ3v) is 8.53. The second-order valence-corrected chi connectivity index (χ2v) is 11.0. The van der Waals surface area contributed by atoms with E-state index >= 15 is 0 Å². The van der Waals surface area contributed by atoms with Gasteiger partial charge in [-0.3, -0.25) is 19.9 Å². The Labute approximate surface area is 248 Å². The van der Waals surface area contributed by atoms with Crippen LogP contribution in [0.4, 0.5) is 0 Å². The van der Waals surface area contributed by atoms with Crippen molar-refractivity contribution >= 4 is 76.5 Å². The molecule has 44 heavy (non-hydrogen) atoms. The van der Waals surface area contributed by atoms with E-state index in [0.717, 1.165) is 99.2 Å². The quantitative estimate of drug-likeness (QED) is 0.205. The summed E-state index contributed by atoms with van der Waals surface area (Å²) >= 11 is 0. The number of rotatable bonds is 2. The van der Waals surface area contributed by atoms with Crippen molar-refractivity contribution in [2.24, 2.45) is 0 Å². The van der Waals surface area contributed by atoms with Crippen LogP contribution in [0.15, 0.2) is 110 Å². The SMILES string of the molecule is c1ccc2cc(-c3nc4c5cccnc5c5ncccc5c4[nH]3)c(-c3nc4c5cccnc5c5ncccc5c4[nH]3)cc2c1. The molecular formula is C36H20N8. The lowest BCUT2D eigenvalue weighted by Gasteiger charge is -2.08. The highest BCUT2D eigenvalue weighted by Crippen LogP contribution is 2.39. The minimum absolute atomic E-state index is 0.751. The zero-order chi connectivity index (χ0) is 28.8. The molecule has 6 aromatic heterocycles. The molecule has 0 bridgehead atoms. The van der Waals surface area contributed by atoms with Gasteiger partial charge in [-0.2, -0.15) is 0 Å². The average Bonchev–Trinajstić information content (AvgIpc) is 3.75. The van der Waals surface area contributed by atoms with Crippen molar-refractivity contribution in [3.63, 3.8) is 0 Å². The van der Waals surface area contributed by atoms with Crippen molar-refractivity contribution in [1.82, 2.24) is 39.9 Å². The summed E-state index contributed by atoms with van der Waals surface area (Å²) in [4.78, 5) is 36.5. The maximum Gasteiger partial charge on any atom is 0.139 e. The van der Waals surface area contributed by atoms with Gasteiger partial charge in [-0.15, -0.1) is 0 Å². The van der Waals surface area contributed by atoms with E-state index in [1.54, 1.807) is 24.8 Å². The molecule has 0 aliphatic heterocycles. The van der Waals surface area contributed by atoms with Gasteiger partial charge in [-0.1, -0.05) is 24.3 Å². The molecule has 8 heteroatoms. The molecule has 0 radical (unpaired) electrons. The first-order chi connectivity index (χ1) is 21.8. The Kier molecular flexibility index (Phi) is 4.57. The lowest BCUT2D eigenvalue weighted by Crippen LogP contribution is -1.90. The van der Waals surface area contributed by atoms with Crippen LogP contribution in [-0.2, 0) is 0 Å². The maximum absolute atomic E-state index is 5.22. The number of H-pyrrole nitrogens is 2. The highest BCUT2D eigenvalue weighted by molar-refractivity contribution is 6.22. The minimum Gasteiger partial charge on any atom is -0.337 e. The van der Waals surface area contributed by atoms with Crippen LogP contribution in [0.25, 0.3) is 99.2 Å². The average molecular weight is 565 g/mol. The first-order valence-corrected chi connectivity index (χ1v) is 14.4. The molecule has 10 rings (SSSR count). The Morgan fingerprint density at radius 2 is 0.773 bits per heavy atom. The van der Waals surface area contributed by atoms with Crippen molar-refractivity contribution in [3.8, 4) is 22.8 Å². The lowest BCUT2D eigenvalue weighted by molar-refractivity contribution is 1.31. The van der Waals surface area contributed by atoms with Gasteiger partial charge in [-0.25, -0.2) is 9.97 Å². The van der Waals surface area contributed by atoms with Crippen LogP contribution in [0.2, 0.25) is 0 Å². The van der Waals surface area contributed by atoms with Crippen molar-refractivity contribution < 1.29 is 0 Å². The summed E-state index contributed by atoms with van der Waals surface area (Å²) in [5.41, 5.74) is 8.85. The van der Waals surface area contributed by atoms with Crippen LogP contribution in [0.1, 0.15) is 0 Å². The van der Waals surface area contributed by atoms with E-state index < -0.39 is 0 Å². The predicted octanol–water partition coefficient (Wildman–Crippen LogP) is 8.12. The standard InChI is InChI=1S/C36H20N8/c1-2-8-20-18-26(36-43-33-23-11-5-15-39-29(23)30-24(34(33)44-36)12-6-16-40-30)25(17-19(20)7-1)35-41-31-21-9-3-13-37-27(21)28-22(32(31)42-35)10-4-14-38-28/h1-18H,(H,41,42)(H,43,44). The van der Waals surface area contributed by atoms with Crippen LogP contribution >= 0.6 is 0 Å². The molecule has 0 spiro atoms. The van der Waals surface area contributed by atoms with Crippen LogP contribution < -0.4 is 0 Å². The van der Waals surface area contributed by atoms with Crippen molar-refractivity contribution in [2.75, 3.05) is 0 Å². The number of hydrogen-bond acceptors (Lipinski definition) is 6. The highest BCUT2D eigenvalue weighted by Gasteiger charge is 2.21. The summed E-state index contributed by atoms with van der Waals surface area (Å²) in [5, 5.41) is 6.11. The number of pyridine rings is 4. The molecule has 0 aliphatic rings. The van der Waals surface area contributed by atoms with Crippen molar-refractivity contribution in [1.29, 1.82) is 0 Å². The second-order valence-electron chi connectivity index (χ2n) is 11.0. The number of imidazole rings is 2. The number of nitrogens with one attached hydrogen (secondary N) is 2. The molecule has 0 saturated carbocycles. The van der Waals surface area contributed by atoms with Gasteiger partial charge in [0.15, 0.2) is 0 Å². The van der Waals surface area contributed by atoms with Gasteiger partial charge in [0.25, 0.3) is 0 Å². The Hall–Kier alpha value is -6.28.